The van der Waals surface area contributed by atoms with Crippen LogP contribution in [0.15, 0.2) is 29.8 Å². The van der Waals surface area contributed by atoms with E-state index in [-0.39, 0.29) is 11.9 Å². The molecule has 0 radical (unpaired) electrons. The zero-order chi connectivity index (χ0) is 13.8. The fraction of sp³-hybridized carbons (Fsp3) is 0.167. The summed E-state index contributed by atoms with van der Waals surface area (Å²) in [6, 6.07) is 5.39. The Labute approximate surface area is 119 Å². The highest BCUT2D eigenvalue weighted by Crippen LogP contribution is 2.21. The minimum atomic E-state index is -0.223. The van der Waals surface area contributed by atoms with Gasteiger partial charge in [0.05, 0.1) is 16.6 Å². The first-order valence-corrected chi connectivity index (χ1v) is 6.84. The molecule has 5 nitrogen and oxygen atoms in total. The Morgan fingerprint density at radius 1 is 1.58 bits per heavy atom. The number of pyridine rings is 1. The number of halogens is 1. The van der Waals surface area contributed by atoms with E-state index in [1.165, 1.54) is 12.3 Å². The van der Waals surface area contributed by atoms with Crippen LogP contribution in [0.2, 0.25) is 5.02 Å². The lowest BCUT2D eigenvalue weighted by atomic mass is 10.2. The van der Waals surface area contributed by atoms with E-state index in [0.717, 1.165) is 4.88 Å². The molecular formula is C12H13ClN4OS. The number of nitrogens with one attached hydrogen (secondary N) is 2. The van der Waals surface area contributed by atoms with Crippen molar-refractivity contribution in [3.05, 3.63) is 45.2 Å². The van der Waals surface area contributed by atoms with Gasteiger partial charge >= 0.3 is 0 Å². The van der Waals surface area contributed by atoms with Gasteiger partial charge in [-0.2, -0.15) is 0 Å². The predicted octanol–water partition coefficient (Wildman–Crippen LogP) is 2.57. The maximum atomic E-state index is 12.0. The molecule has 2 rings (SSSR count). The summed E-state index contributed by atoms with van der Waals surface area (Å²) in [5, 5.41) is 5.16. The van der Waals surface area contributed by atoms with Gasteiger partial charge in [-0.05, 0) is 24.4 Å². The predicted molar refractivity (Wildman–Crippen MR) is 77.3 cm³/mol. The Morgan fingerprint density at radius 3 is 2.95 bits per heavy atom. The van der Waals surface area contributed by atoms with E-state index in [0.29, 0.717) is 16.4 Å². The first-order valence-electron chi connectivity index (χ1n) is 5.58. The van der Waals surface area contributed by atoms with Crippen LogP contribution >= 0.6 is 22.9 Å². The lowest BCUT2D eigenvalue weighted by Crippen LogP contribution is -2.26. The molecular weight excluding hydrogens is 284 g/mol. The van der Waals surface area contributed by atoms with Crippen molar-refractivity contribution in [3.63, 3.8) is 0 Å². The van der Waals surface area contributed by atoms with E-state index in [2.05, 4.69) is 15.7 Å². The third kappa shape index (κ3) is 3.23. The van der Waals surface area contributed by atoms with Crippen molar-refractivity contribution in [2.75, 3.05) is 5.43 Å². The van der Waals surface area contributed by atoms with Crippen LogP contribution in [0, 0.1) is 0 Å². The number of carbonyl (C=O) groups is 1. The Balaban J connectivity index is 2.10. The number of nitrogens with two attached hydrogens (primary N) is 1. The molecule has 1 atom stereocenters. The van der Waals surface area contributed by atoms with E-state index in [1.54, 1.807) is 11.3 Å². The SMILES string of the molecule is CC(NC(=O)c1cnc(NN)c(Cl)c1)c1cccs1. The van der Waals surface area contributed by atoms with Crippen molar-refractivity contribution in [2.24, 2.45) is 5.84 Å². The summed E-state index contributed by atoms with van der Waals surface area (Å²) in [7, 11) is 0. The van der Waals surface area contributed by atoms with Crippen LogP contribution in [-0.2, 0) is 0 Å². The van der Waals surface area contributed by atoms with Crippen LogP contribution in [0.1, 0.15) is 28.2 Å². The van der Waals surface area contributed by atoms with Gasteiger partial charge in [0.2, 0.25) is 0 Å². The zero-order valence-electron chi connectivity index (χ0n) is 10.2. The Hall–Kier alpha value is -1.63. The number of hydrogen-bond acceptors (Lipinski definition) is 5. The average molecular weight is 297 g/mol. The van der Waals surface area contributed by atoms with Gasteiger partial charge in [-0.15, -0.1) is 11.3 Å². The smallest absolute Gasteiger partial charge is 0.253 e. The standard InChI is InChI=1S/C12H13ClN4OS/c1-7(10-3-2-4-19-10)16-12(18)8-5-9(13)11(17-14)15-6-8/h2-7H,14H2,1H3,(H,15,17)(H,16,18). The summed E-state index contributed by atoms with van der Waals surface area (Å²) < 4.78 is 0. The third-order valence-corrected chi connectivity index (χ3v) is 3.90. The van der Waals surface area contributed by atoms with Crippen LogP contribution in [0.25, 0.3) is 0 Å². The monoisotopic (exact) mass is 296 g/mol. The van der Waals surface area contributed by atoms with Crippen molar-refractivity contribution in [2.45, 2.75) is 13.0 Å². The number of hydrazine groups is 1. The van der Waals surface area contributed by atoms with Crippen LogP contribution in [0.3, 0.4) is 0 Å². The van der Waals surface area contributed by atoms with Gasteiger partial charge in [0, 0.05) is 11.1 Å². The third-order valence-electron chi connectivity index (χ3n) is 2.56. The molecule has 4 N–H and O–H groups in total. The highest BCUT2D eigenvalue weighted by molar-refractivity contribution is 7.10. The summed E-state index contributed by atoms with van der Waals surface area (Å²) in [5.74, 6) is 5.34. The van der Waals surface area contributed by atoms with Gasteiger partial charge in [0.15, 0.2) is 5.82 Å². The Bertz CT molecular complexity index is 573. The largest absolute Gasteiger partial charge is 0.345 e. The molecule has 2 aromatic rings. The summed E-state index contributed by atoms with van der Waals surface area (Å²) >= 11 is 7.52. The van der Waals surface area contributed by atoms with Gasteiger partial charge in [-0.25, -0.2) is 10.8 Å². The van der Waals surface area contributed by atoms with Gasteiger partial charge in [-0.1, -0.05) is 17.7 Å². The lowest BCUT2D eigenvalue weighted by Gasteiger charge is -2.12. The Kier molecular flexibility index (Phi) is 4.36. The minimum Gasteiger partial charge on any atom is -0.345 e. The highest BCUT2D eigenvalue weighted by Gasteiger charge is 2.13. The second kappa shape index (κ2) is 6.01. The van der Waals surface area contributed by atoms with E-state index in [4.69, 9.17) is 17.4 Å². The molecule has 2 heterocycles. The van der Waals surface area contributed by atoms with E-state index in [9.17, 15) is 4.79 Å². The first-order chi connectivity index (χ1) is 9.11. The normalized spacial score (nSPS) is 11.9. The number of amides is 1. The van der Waals surface area contributed by atoms with Crippen molar-refractivity contribution in [1.29, 1.82) is 0 Å². The van der Waals surface area contributed by atoms with E-state index < -0.39 is 0 Å². The molecule has 1 unspecified atom stereocenters. The van der Waals surface area contributed by atoms with Gasteiger partial charge in [-0.3, -0.25) is 4.79 Å². The lowest BCUT2D eigenvalue weighted by molar-refractivity contribution is 0.0940. The average Bonchev–Trinajstić information content (AvgIpc) is 2.92. The molecule has 0 bridgehead atoms. The molecule has 7 heteroatoms. The van der Waals surface area contributed by atoms with Crippen molar-refractivity contribution in [3.8, 4) is 0 Å². The number of anilines is 1. The fourth-order valence-electron chi connectivity index (χ4n) is 1.56. The summed E-state index contributed by atoms with van der Waals surface area (Å²) in [6.45, 7) is 1.93. The maximum absolute atomic E-state index is 12.0. The second-order valence-corrected chi connectivity index (χ2v) is 5.30. The van der Waals surface area contributed by atoms with E-state index in [1.807, 2.05) is 24.4 Å². The van der Waals surface area contributed by atoms with Crippen LogP contribution in [0.4, 0.5) is 5.82 Å². The zero-order valence-corrected chi connectivity index (χ0v) is 11.8. The molecule has 0 saturated carbocycles. The fourth-order valence-corrected chi connectivity index (χ4v) is 2.51. The maximum Gasteiger partial charge on any atom is 0.253 e. The minimum absolute atomic E-state index is 0.0569. The number of aromatic nitrogens is 1. The quantitative estimate of drug-likeness (QED) is 0.598. The summed E-state index contributed by atoms with van der Waals surface area (Å²) in [6.07, 6.45) is 1.43. The number of rotatable bonds is 4. The van der Waals surface area contributed by atoms with Crippen LogP contribution in [-0.4, -0.2) is 10.9 Å². The van der Waals surface area contributed by atoms with Crippen molar-refractivity contribution in [1.82, 2.24) is 10.3 Å². The number of hydrogen-bond donors (Lipinski definition) is 3. The van der Waals surface area contributed by atoms with Crippen molar-refractivity contribution < 1.29 is 4.79 Å². The molecule has 19 heavy (non-hydrogen) atoms. The molecule has 0 spiro atoms. The molecule has 2 aromatic heterocycles. The highest BCUT2D eigenvalue weighted by atomic mass is 35.5. The van der Waals surface area contributed by atoms with E-state index >= 15 is 0 Å². The number of carbonyl (C=O) groups excluding carboxylic acids is 1. The number of thiophene rings is 1. The molecule has 1 amide bonds. The number of nitrogens with zero attached hydrogens (tertiary/aromatic N) is 1. The molecule has 0 aliphatic carbocycles. The van der Waals surface area contributed by atoms with Gasteiger partial charge < -0.3 is 10.7 Å². The summed E-state index contributed by atoms with van der Waals surface area (Å²) in [4.78, 5) is 17.1. The molecule has 100 valence electrons. The van der Waals surface area contributed by atoms with Crippen molar-refractivity contribution >= 4 is 34.7 Å². The van der Waals surface area contributed by atoms with Gasteiger partial charge in [0.25, 0.3) is 5.91 Å². The second-order valence-electron chi connectivity index (χ2n) is 3.91. The number of nitrogen functional groups attached to an aromatic ring is 1. The van der Waals surface area contributed by atoms with Gasteiger partial charge in [0.1, 0.15) is 0 Å². The molecule has 0 fully saturated rings. The Morgan fingerprint density at radius 2 is 2.37 bits per heavy atom. The first kappa shape index (κ1) is 13.8. The molecule has 0 aliphatic rings. The summed E-state index contributed by atoms with van der Waals surface area (Å²) in [5.41, 5.74) is 2.75. The van der Waals surface area contributed by atoms with Crippen LogP contribution < -0.4 is 16.6 Å². The topological polar surface area (TPSA) is 80.0 Å². The molecule has 0 aromatic carbocycles. The molecule has 0 saturated heterocycles. The van der Waals surface area contributed by atoms with Crippen LogP contribution in [0.5, 0.6) is 0 Å². The molecule has 0 aliphatic heterocycles.